The zero-order valence-electron chi connectivity index (χ0n) is 11.1. The Hall–Kier alpha value is -2.09. The van der Waals surface area contributed by atoms with E-state index in [1.807, 2.05) is 48.5 Å². The summed E-state index contributed by atoms with van der Waals surface area (Å²) in [5, 5.41) is 0. The monoisotopic (exact) mass is 253 g/mol. The van der Waals surface area contributed by atoms with Crippen LogP contribution in [0, 0.1) is 6.07 Å². The minimum atomic E-state index is 0.223. The van der Waals surface area contributed by atoms with Gasteiger partial charge in [-0.05, 0) is 42.7 Å². The van der Waals surface area contributed by atoms with Gasteiger partial charge in [0.15, 0.2) is 0 Å². The van der Waals surface area contributed by atoms with E-state index in [2.05, 4.69) is 6.07 Å². The van der Waals surface area contributed by atoms with Gasteiger partial charge in [-0.25, -0.2) is 0 Å². The summed E-state index contributed by atoms with van der Waals surface area (Å²) in [5.74, 6) is 1.07. The summed E-state index contributed by atoms with van der Waals surface area (Å²) < 4.78 is 5.69. The van der Waals surface area contributed by atoms with Crippen LogP contribution in [0.15, 0.2) is 48.5 Å². The van der Waals surface area contributed by atoms with E-state index in [0.717, 1.165) is 23.3 Å². The fourth-order valence-electron chi connectivity index (χ4n) is 1.76. The van der Waals surface area contributed by atoms with Gasteiger partial charge < -0.3 is 9.53 Å². The molecule has 0 aliphatic heterocycles. The number of Topliss-reactive ketones (excluding diaryl/α,β-unsaturated/α-hetero) is 1. The van der Waals surface area contributed by atoms with Gasteiger partial charge in [-0.1, -0.05) is 36.4 Å². The van der Waals surface area contributed by atoms with Crippen molar-refractivity contribution in [3.63, 3.8) is 0 Å². The van der Waals surface area contributed by atoms with Gasteiger partial charge in [0.1, 0.15) is 18.1 Å². The Morgan fingerprint density at radius 3 is 2.37 bits per heavy atom. The highest BCUT2D eigenvalue weighted by atomic mass is 16.5. The van der Waals surface area contributed by atoms with Gasteiger partial charge in [0.2, 0.25) is 0 Å². The number of hydrogen-bond acceptors (Lipinski definition) is 2. The number of carbonyl (C=O) groups excluding carboxylic acids is 1. The summed E-state index contributed by atoms with van der Waals surface area (Å²) in [6.07, 6.45) is 1.39. The highest BCUT2D eigenvalue weighted by Gasteiger charge is 1.99. The van der Waals surface area contributed by atoms with Crippen LogP contribution >= 0.6 is 0 Å². The number of benzene rings is 2. The third kappa shape index (κ3) is 4.59. The lowest BCUT2D eigenvalue weighted by molar-refractivity contribution is -0.116. The average Bonchev–Trinajstić information content (AvgIpc) is 2.45. The van der Waals surface area contributed by atoms with Crippen LogP contribution in [0.25, 0.3) is 0 Å². The lowest BCUT2D eigenvalue weighted by Gasteiger charge is -2.07. The van der Waals surface area contributed by atoms with Crippen LogP contribution in [-0.2, 0) is 17.8 Å². The molecule has 19 heavy (non-hydrogen) atoms. The van der Waals surface area contributed by atoms with E-state index in [1.54, 1.807) is 6.92 Å². The molecule has 0 atom stereocenters. The fraction of sp³-hybridized carbons (Fsp3) is 0.235. The second-order valence-corrected chi connectivity index (χ2v) is 4.54. The summed E-state index contributed by atoms with van der Waals surface area (Å²) in [6, 6.07) is 18.6. The fourth-order valence-corrected chi connectivity index (χ4v) is 1.76. The molecule has 2 aromatic carbocycles. The van der Waals surface area contributed by atoms with Crippen LogP contribution in [0.4, 0.5) is 0 Å². The van der Waals surface area contributed by atoms with Crippen molar-refractivity contribution in [2.75, 3.05) is 0 Å². The SMILES string of the molecule is CC(=O)CCc1ccc(OCc2cc[c]cc2)cc1. The summed E-state index contributed by atoms with van der Waals surface area (Å²) in [7, 11) is 0. The number of ether oxygens (including phenoxy) is 1. The third-order valence-electron chi connectivity index (χ3n) is 2.88. The van der Waals surface area contributed by atoms with Gasteiger partial charge in [0, 0.05) is 6.42 Å². The molecule has 0 unspecified atom stereocenters. The number of ketones is 1. The quantitative estimate of drug-likeness (QED) is 0.786. The smallest absolute Gasteiger partial charge is 0.130 e. The van der Waals surface area contributed by atoms with Gasteiger partial charge in [0.05, 0.1) is 0 Å². The highest BCUT2D eigenvalue weighted by molar-refractivity contribution is 5.75. The summed E-state index contributed by atoms with van der Waals surface area (Å²) in [6.45, 7) is 2.18. The summed E-state index contributed by atoms with van der Waals surface area (Å²) in [4.78, 5) is 10.9. The predicted octanol–water partition coefficient (Wildman–Crippen LogP) is 3.59. The maximum absolute atomic E-state index is 10.9. The first kappa shape index (κ1) is 13.3. The Bertz CT molecular complexity index is 515. The predicted molar refractivity (Wildman–Crippen MR) is 75.1 cm³/mol. The third-order valence-corrected chi connectivity index (χ3v) is 2.88. The van der Waals surface area contributed by atoms with Gasteiger partial charge in [-0.2, -0.15) is 0 Å². The molecule has 0 amide bonds. The second kappa shape index (κ2) is 6.74. The van der Waals surface area contributed by atoms with Crippen LogP contribution in [-0.4, -0.2) is 5.78 Å². The van der Waals surface area contributed by atoms with Gasteiger partial charge in [-0.3, -0.25) is 0 Å². The van der Waals surface area contributed by atoms with Crippen LogP contribution < -0.4 is 4.74 Å². The van der Waals surface area contributed by atoms with Crippen molar-refractivity contribution < 1.29 is 9.53 Å². The van der Waals surface area contributed by atoms with E-state index in [9.17, 15) is 4.79 Å². The zero-order valence-corrected chi connectivity index (χ0v) is 11.1. The van der Waals surface area contributed by atoms with Crippen LogP contribution in [0.5, 0.6) is 5.75 Å². The van der Waals surface area contributed by atoms with Crippen molar-refractivity contribution in [2.24, 2.45) is 0 Å². The largest absolute Gasteiger partial charge is 0.489 e. The summed E-state index contributed by atoms with van der Waals surface area (Å²) >= 11 is 0. The van der Waals surface area contributed by atoms with Crippen molar-refractivity contribution in [1.29, 1.82) is 0 Å². The Balaban J connectivity index is 1.86. The molecule has 0 aromatic heterocycles. The van der Waals surface area contributed by atoms with E-state index < -0.39 is 0 Å². The van der Waals surface area contributed by atoms with Gasteiger partial charge in [0.25, 0.3) is 0 Å². The standard InChI is InChI=1S/C17H17O2/c1-14(18)7-8-15-9-11-17(12-10-15)19-13-16-5-3-2-4-6-16/h3-6,9-12H,7-8,13H2,1H3. The Morgan fingerprint density at radius 2 is 1.74 bits per heavy atom. The topological polar surface area (TPSA) is 26.3 Å². The van der Waals surface area contributed by atoms with Crippen LogP contribution in [0.2, 0.25) is 0 Å². The molecule has 0 saturated carbocycles. The summed E-state index contributed by atoms with van der Waals surface area (Å²) in [5.41, 5.74) is 2.29. The van der Waals surface area contributed by atoms with E-state index in [-0.39, 0.29) is 5.78 Å². The molecular weight excluding hydrogens is 236 g/mol. The Labute approximate surface area is 114 Å². The van der Waals surface area contributed by atoms with E-state index in [4.69, 9.17) is 4.74 Å². The molecule has 0 saturated heterocycles. The molecule has 0 aliphatic rings. The Morgan fingerprint density at radius 1 is 1.05 bits per heavy atom. The number of rotatable bonds is 6. The minimum absolute atomic E-state index is 0.223. The molecule has 0 N–H and O–H groups in total. The van der Waals surface area contributed by atoms with Gasteiger partial charge in [-0.15, -0.1) is 0 Å². The van der Waals surface area contributed by atoms with E-state index >= 15 is 0 Å². The van der Waals surface area contributed by atoms with Crippen molar-refractivity contribution >= 4 is 5.78 Å². The normalized spacial score (nSPS) is 10.2. The minimum Gasteiger partial charge on any atom is -0.489 e. The molecule has 0 spiro atoms. The van der Waals surface area contributed by atoms with E-state index in [1.165, 1.54) is 0 Å². The molecule has 0 aliphatic carbocycles. The zero-order chi connectivity index (χ0) is 13.5. The molecule has 2 heteroatoms. The maximum atomic E-state index is 10.9. The molecule has 1 radical (unpaired) electrons. The lowest BCUT2D eigenvalue weighted by atomic mass is 10.1. The Kier molecular flexibility index (Phi) is 4.73. The van der Waals surface area contributed by atoms with E-state index in [0.29, 0.717) is 13.0 Å². The molecule has 2 nitrogen and oxygen atoms in total. The van der Waals surface area contributed by atoms with Crippen molar-refractivity contribution in [1.82, 2.24) is 0 Å². The molecule has 2 rings (SSSR count). The van der Waals surface area contributed by atoms with Gasteiger partial charge >= 0.3 is 0 Å². The first-order chi connectivity index (χ1) is 9.24. The maximum Gasteiger partial charge on any atom is 0.130 e. The first-order valence-corrected chi connectivity index (χ1v) is 6.40. The molecule has 0 heterocycles. The van der Waals surface area contributed by atoms with Crippen molar-refractivity contribution in [3.05, 3.63) is 65.7 Å². The number of carbonyl (C=O) groups is 1. The molecule has 2 aromatic rings. The number of hydrogen-bond donors (Lipinski definition) is 0. The van der Waals surface area contributed by atoms with Crippen molar-refractivity contribution in [3.8, 4) is 5.75 Å². The van der Waals surface area contributed by atoms with Crippen LogP contribution in [0.1, 0.15) is 24.5 Å². The molecule has 0 bridgehead atoms. The molecule has 97 valence electrons. The molecule has 0 fully saturated rings. The second-order valence-electron chi connectivity index (χ2n) is 4.54. The molecular formula is C17H17O2. The lowest BCUT2D eigenvalue weighted by Crippen LogP contribution is -1.96. The average molecular weight is 253 g/mol. The van der Waals surface area contributed by atoms with Crippen LogP contribution in [0.3, 0.4) is 0 Å². The highest BCUT2D eigenvalue weighted by Crippen LogP contribution is 2.15. The number of aryl methyl sites for hydroxylation is 1. The van der Waals surface area contributed by atoms with Crippen molar-refractivity contribution in [2.45, 2.75) is 26.4 Å². The first-order valence-electron chi connectivity index (χ1n) is 6.40.